The number of hydrogen-bond donors (Lipinski definition) is 2. The van der Waals surface area contributed by atoms with E-state index in [9.17, 15) is 4.79 Å². The Morgan fingerprint density at radius 1 is 1.26 bits per heavy atom. The predicted octanol–water partition coefficient (Wildman–Crippen LogP) is 3.09. The number of amides is 1. The summed E-state index contributed by atoms with van der Waals surface area (Å²) in [5.41, 5.74) is 9.06. The molecule has 0 saturated carbocycles. The molecule has 0 saturated heterocycles. The smallest absolute Gasteiger partial charge is 0.248 e. The number of nitrogens with one attached hydrogen (secondary N) is 1. The van der Waals surface area contributed by atoms with E-state index in [4.69, 9.17) is 22.1 Å². The highest BCUT2D eigenvalue weighted by atomic mass is 35.5. The second-order valence-corrected chi connectivity index (χ2v) is 5.89. The molecule has 0 aromatic heterocycles. The molecule has 5 heteroatoms. The number of ether oxygens (including phenoxy) is 1. The highest BCUT2D eigenvalue weighted by Gasteiger charge is 2.07. The number of carbonyl (C=O) groups excluding carboxylic acids is 1. The van der Waals surface area contributed by atoms with Gasteiger partial charge >= 0.3 is 0 Å². The normalized spacial score (nSPS) is 10.6. The minimum Gasteiger partial charge on any atom is -0.496 e. The fraction of sp³-hybridized carbons (Fsp3) is 0.278. The number of halogens is 1. The number of benzene rings is 2. The third-order valence-electron chi connectivity index (χ3n) is 3.57. The van der Waals surface area contributed by atoms with E-state index in [-0.39, 0.29) is 0 Å². The van der Waals surface area contributed by atoms with Crippen molar-refractivity contribution in [2.75, 3.05) is 13.7 Å². The van der Waals surface area contributed by atoms with Crippen molar-refractivity contribution in [3.63, 3.8) is 0 Å². The Morgan fingerprint density at radius 3 is 2.70 bits per heavy atom. The maximum absolute atomic E-state index is 11.3. The molecule has 0 heterocycles. The molecule has 0 unspecified atom stereocenters. The molecule has 1 amide bonds. The SMILES string of the molecule is COc1ccc(C(N)=O)cc1CCNCc1cc(C)cc(Cl)c1. The van der Waals surface area contributed by atoms with Crippen LogP contribution in [0.5, 0.6) is 5.75 Å². The molecule has 0 spiro atoms. The van der Waals surface area contributed by atoms with Crippen LogP contribution in [0.4, 0.5) is 0 Å². The van der Waals surface area contributed by atoms with Gasteiger partial charge in [-0.15, -0.1) is 0 Å². The van der Waals surface area contributed by atoms with Gasteiger partial charge < -0.3 is 15.8 Å². The molecule has 0 atom stereocenters. The molecule has 0 aliphatic heterocycles. The summed E-state index contributed by atoms with van der Waals surface area (Å²) in [6, 6.07) is 11.2. The lowest BCUT2D eigenvalue weighted by Gasteiger charge is -2.11. The van der Waals surface area contributed by atoms with Crippen LogP contribution in [0.15, 0.2) is 36.4 Å². The minimum atomic E-state index is -0.434. The van der Waals surface area contributed by atoms with E-state index in [2.05, 4.69) is 11.4 Å². The van der Waals surface area contributed by atoms with Crippen LogP contribution < -0.4 is 15.8 Å². The Labute approximate surface area is 141 Å². The first kappa shape index (κ1) is 17.3. The molecule has 0 radical (unpaired) electrons. The number of rotatable bonds is 7. The Bertz CT molecular complexity index is 681. The van der Waals surface area contributed by atoms with Crippen LogP contribution in [0.25, 0.3) is 0 Å². The number of methoxy groups -OCH3 is 1. The van der Waals surface area contributed by atoms with Crippen LogP contribution >= 0.6 is 11.6 Å². The van der Waals surface area contributed by atoms with Crippen molar-refractivity contribution in [1.82, 2.24) is 5.32 Å². The highest BCUT2D eigenvalue weighted by Crippen LogP contribution is 2.20. The summed E-state index contributed by atoms with van der Waals surface area (Å²) in [5.74, 6) is 0.326. The second kappa shape index (κ2) is 7.99. The minimum absolute atomic E-state index is 0.434. The molecule has 4 nitrogen and oxygen atoms in total. The van der Waals surface area contributed by atoms with Gasteiger partial charge in [-0.1, -0.05) is 17.7 Å². The van der Waals surface area contributed by atoms with Crippen molar-refractivity contribution in [2.45, 2.75) is 19.9 Å². The summed E-state index contributed by atoms with van der Waals surface area (Å²) in [7, 11) is 1.62. The largest absolute Gasteiger partial charge is 0.496 e. The third-order valence-corrected chi connectivity index (χ3v) is 3.79. The molecule has 2 aromatic carbocycles. The van der Waals surface area contributed by atoms with Crippen molar-refractivity contribution in [3.8, 4) is 5.75 Å². The standard InChI is InChI=1S/C18H21ClN2O2/c1-12-7-13(9-16(19)8-12)11-21-6-5-14-10-15(18(20)22)3-4-17(14)23-2/h3-4,7-10,21H,5-6,11H2,1-2H3,(H2,20,22). The average Bonchev–Trinajstić information content (AvgIpc) is 2.50. The highest BCUT2D eigenvalue weighted by molar-refractivity contribution is 6.30. The number of nitrogens with two attached hydrogens (primary N) is 1. The molecule has 23 heavy (non-hydrogen) atoms. The van der Waals surface area contributed by atoms with Gasteiger partial charge in [0.1, 0.15) is 5.75 Å². The monoisotopic (exact) mass is 332 g/mol. The van der Waals surface area contributed by atoms with E-state index in [1.807, 2.05) is 19.1 Å². The lowest BCUT2D eigenvalue weighted by atomic mass is 10.1. The van der Waals surface area contributed by atoms with Crippen molar-refractivity contribution in [2.24, 2.45) is 5.73 Å². The van der Waals surface area contributed by atoms with Gasteiger partial charge in [-0.3, -0.25) is 4.79 Å². The average molecular weight is 333 g/mol. The van der Waals surface area contributed by atoms with Crippen LogP contribution in [-0.4, -0.2) is 19.6 Å². The number of carbonyl (C=O) groups is 1. The summed E-state index contributed by atoms with van der Waals surface area (Å²) in [4.78, 5) is 11.3. The Hall–Kier alpha value is -2.04. The van der Waals surface area contributed by atoms with Gasteiger partial charge in [-0.25, -0.2) is 0 Å². The van der Waals surface area contributed by atoms with E-state index < -0.39 is 5.91 Å². The van der Waals surface area contributed by atoms with E-state index in [1.54, 1.807) is 25.3 Å². The molecular weight excluding hydrogens is 312 g/mol. The topological polar surface area (TPSA) is 64.3 Å². The molecule has 122 valence electrons. The van der Waals surface area contributed by atoms with Crippen LogP contribution in [0.1, 0.15) is 27.0 Å². The molecule has 3 N–H and O–H groups in total. The van der Waals surface area contributed by atoms with Crippen molar-refractivity contribution in [1.29, 1.82) is 0 Å². The fourth-order valence-electron chi connectivity index (χ4n) is 2.50. The van der Waals surface area contributed by atoms with E-state index in [0.29, 0.717) is 5.56 Å². The summed E-state index contributed by atoms with van der Waals surface area (Å²) in [6.45, 7) is 3.51. The molecule has 2 aromatic rings. The quantitative estimate of drug-likeness (QED) is 0.766. The zero-order valence-electron chi connectivity index (χ0n) is 13.4. The third kappa shape index (κ3) is 4.98. The zero-order chi connectivity index (χ0) is 16.8. The van der Waals surface area contributed by atoms with Crippen molar-refractivity contribution >= 4 is 17.5 Å². The summed E-state index contributed by atoms with van der Waals surface area (Å²) in [5, 5.41) is 4.12. The van der Waals surface area contributed by atoms with Gasteiger partial charge in [-0.05, 0) is 66.9 Å². The van der Waals surface area contributed by atoms with Gasteiger partial charge in [0, 0.05) is 17.1 Å². The number of aryl methyl sites for hydroxylation is 1. The molecule has 0 fully saturated rings. The predicted molar refractivity (Wildman–Crippen MR) is 93.1 cm³/mol. The lowest BCUT2D eigenvalue weighted by Crippen LogP contribution is -2.18. The van der Waals surface area contributed by atoms with Crippen LogP contribution in [-0.2, 0) is 13.0 Å². The Morgan fingerprint density at radius 2 is 2.04 bits per heavy atom. The Balaban J connectivity index is 1.95. The number of hydrogen-bond acceptors (Lipinski definition) is 3. The van der Waals surface area contributed by atoms with Gasteiger partial charge in [0.25, 0.3) is 0 Å². The summed E-state index contributed by atoms with van der Waals surface area (Å²) < 4.78 is 5.33. The van der Waals surface area contributed by atoms with Crippen LogP contribution in [0.3, 0.4) is 0 Å². The second-order valence-electron chi connectivity index (χ2n) is 5.45. The molecule has 2 rings (SSSR count). The van der Waals surface area contributed by atoms with Crippen LogP contribution in [0, 0.1) is 6.92 Å². The van der Waals surface area contributed by atoms with Gasteiger partial charge in [0.2, 0.25) is 5.91 Å². The van der Waals surface area contributed by atoms with Gasteiger partial charge in [0.15, 0.2) is 0 Å². The van der Waals surface area contributed by atoms with Gasteiger partial charge in [0.05, 0.1) is 7.11 Å². The van der Waals surface area contributed by atoms with Crippen molar-refractivity contribution < 1.29 is 9.53 Å². The molecule has 0 aliphatic rings. The lowest BCUT2D eigenvalue weighted by molar-refractivity contribution is 0.1000. The number of primary amides is 1. The molecule has 0 bridgehead atoms. The van der Waals surface area contributed by atoms with E-state index in [1.165, 1.54) is 0 Å². The summed E-state index contributed by atoms with van der Waals surface area (Å²) in [6.07, 6.45) is 0.740. The fourth-order valence-corrected chi connectivity index (χ4v) is 2.81. The van der Waals surface area contributed by atoms with Crippen molar-refractivity contribution in [3.05, 3.63) is 63.7 Å². The Kier molecular flexibility index (Phi) is 6.02. The van der Waals surface area contributed by atoms with Gasteiger partial charge in [-0.2, -0.15) is 0 Å². The molecule has 0 aliphatic carbocycles. The van der Waals surface area contributed by atoms with E-state index in [0.717, 1.165) is 47.0 Å². The molecular formula is C18H21ClN2O2. The first-order chi connectivity index (χ1) is 11.0. The zero-order valence-corrected chi connectivity index (χ0v) is 14.1. The van der Waals surface area contributed by atoms with Crippen LogP contribution in [0.2, 0.25) is 5.02 Å². The van der Waals surface area contributed by atoms with E-state index >= 15 is 0 Å². The first-order valence-electron chi connectivity index (χ1n) is 7.43. The summed E-state index contributed by atoms with van der Waals surface area (Å²) >= 11 is 6.06. The maximum atomic E-state index is 11.3. The maximum Gasteiger partial charge on any atom is 0.248 e. The first-order valence-corrected chi connectivity index (χ1v) is 7.81.